The van der Waals surface area contributed by atoms with Crippen LogP contribution >= 0.6 is 12.4 Å². The van der Waals surface area contributed by atoms with Gasteiger partial charge in [-0.1, -0.05) is 19.1 Å². The highest BCUT2D eigenvalue weighted by molar-refractivity contribution is 6.35. The number of anilines is 1. The topological polar surface area (TPSA) is 78.5 Å². The van der Waals surface area contributed by atoms with E-state index in [0.717, 1.165) is 17.7 Å². The maximum atomic E-state index is 12.9. The van der Waals surface area contributed by atoms with Crippen LogP contribution in [0.5, 0.6) is 0 Å². The summed E-state index contributed by atoms with van der Waals surface area (Å²) in [5, 5.41) is 5.92. The third-order valence-corrected chi connectivity index (χ3v) is 4.59. The van der Waals surface area contributed by atoms with Gasteiger partial charge in [-0.15, -0.1) is 12.4 Å². The Labute approximate surface area is 170 Å². The minimum absolute atomic E-state index is 0. The van der Waals surface area contributed by atoms with E-state index < -0.39 is 5.91 Å². The Kier molecular flexibility index (Phi) is 6.94. The van der Waals surface area contributed by atoms with Crippen LogP contribution in [-0.4, -0.2) is 37.4 Å². The van der Waals surface area contributed by atoms with Crippen molar-refractivity contribution in [2.24, 2.45) is 0 Å². The van der Waals surface area contributed by atoms with Gasteiger partial charge in [-0.05, 0) is 55.8 Å². The molecule has 0 atom stereocenters. The van der Waals surface area contributed by atoms with Crippen LogP contribution in [0.1, 0.15) is 49.1 Å². The largest absolute Gasteiger partial charge is 0.351 e. The first-order valence-corrected chi connectivity index (χ1v) is 9.03. The zero-order valence-electron chi connectivity index (χ0n) is 16.2. The average molecular weight is 402 g/mol. The molecule has 0 unspecified atom stereocenters. The van der Waals surface area contributed by atoms with E-state index in [2.05, 4.69) is 10.6 Å². The lowest BCUT2D eigenvalue weighted by molar-refractivity contribution is 0.0923. The summed E-state index contributed by atoms with van der Waals surface area (Å²) in [6.07, 6.45) is 0. The molecule has 3 rings (SSSR count). The Morgan fingerprint density at radius 2 is 1.68 bits per heavy atom. The fraction of sp³-hybridized carbons (Fsp3) is 0.286. The van der Waals surface area contributed by atoms with Crippen LogP contribution in [0.25, 0.3) is 0 Å². The van der Waals surface area contributed by atoms with Crippen LogP contribution in [0.3, 0.4) is 0 Å². The molecule has 2 N–H and O–H groups in total. The van der Waals surface area contributed by atoms with Crippen LogP contribution < -0.4 is 15.5 Å². The van der Waals surface area contributed by atoms with Gasteiger partial charge in [0.15, 0.2) is 0 Å². The molecule has 0 aliphatic carbocycles. The van der Waals surface area contributed by atoms with E-state index in [1.54, 1.807) is 12.1 Å². The molecule has 0 saturated heterocycles. The summed E-state index contributed by atoms with van der Waals surface area (Å²) >= 11 is 0. The third-order valence-electron chi connectivity index (χ3n) is 4.59. The van der Waals surface area contributed by atoms with Crippen molar-refractivity contribution in [1.82, 2.24) is 10.6 Å². The van der Waals surface area contributed by atoms with Crippen LogP contribution in [0.4, 0.5) is 5.69 Å². The number of hydrogen-bond acceptors (Lipinski definition) is 4. The molecule has 1 aliphatic rings. The van der Waals surface area contributed by atoms with Crippen LogP contribution in [0.2, 0.25) is 0 Å². The second-order valence-corrected chi connectivity index (χ2v) is 6.61. The highest BCUT2D eigenvalue weighted by Gasteiger charge is 2.37. The number of likely N-dealkylation sites (N-methyl/N-ethyl adjacent to an activating group) is 1. The summed E-state index contributed by atoms with van der Waals surface area (Å²) in [5.74, 6) is -1.02. The first-order valence-electron chi connectivity index (χ1n) is 9.03. The van der Waals surface area contributed by atoms with Gasteiger partial charge in [-0.3, -0.25) is 14.4 Å². The van der Waals surface area contributed by atoms with E-state index in [9.17, 15) is 14.4 Å². The molecule has 0 saturated carbocycles. The standard InChI is InChI=1S/C21H23N3O3.ClH/c1-4-22-9-10-23-19(25)15-7-8-16-17(12-15)21(27)24(20(16)26)18-11-13(2)5-6-14(18)3;/h5-8,11-12,22H,4,9-10H2,1-3H3,(H,23,25);1H. The number of fused-ring (bicyclic) bond motifs is 1. The molecule has 6 nitrogen and oxygen atoms in total. The predicted octanol–water partition coefficient (Wildman–Crippen LogP) is 2.87. The van der Waals surface area contributed by atoms with Crippen molar-refractivity contribution in [1.29, 1.82) is 0 Å². The van der Waals surface area contributed by atoms with E-state index in [1.165, 1.54) is 11.0 Å². The SMILES string of the molecule is CCNCCNC(=O)c1ccc2c(c1)C(=O)N(c1cc(C)ccc1C)C2=O.Cl. The molecule has 7 heteroatoms. The predicted molar refractivity (Wildman–Crippen MR) is 112 cm³/mol. The number of aryl methyl sites for hydroxylation is 2. The monoisotopic (exact) mass is 401 g/mol. The Morgan fingerprint density at radius 1 is 0.964 bits per heavy atom. The normalized spacial score (nSPS) is 12.6. The van der Waals surface area contributed by atoms with Crippen molar-refractivity contribution in [3.63, 3.8) is 0 Å². The van der Waals surface area contributed by atoms with Crippen LogP contribution in [0.15, 0.2) is 36.4 Å². The number of carbonyl (C=O) groups is 3. The third kappa shape index (κ3) is 4.08. The number of hydrogen-bond donors (Lipinski definition) is 2. The number of halogens is 1. The Bertz CT molecular complexity index is 927. The van der Waals surface area contributed by atoms with Crippen molar-refractivity contribution in [2.75, 3.05) is 24.5 Å². The van der Waals surface area contributed by atoms with Crippen molar-refractivity contribution < 1.29 is 14.4 Å². The number of imide groups is 1. The molecule has 148 valence electrons. The molecule has 1 heterocycles. The maximum Gasteiger partial charge on any atom is 0.266 e. The number of nitrogens with zero attached hydrogens (tertiary/aromatic N) is 1. The zero-order valence-corrected chi connectivity index (χ0v) is 17.0. The van der Waals surface area contributed by atoms with Crippen LogP contribution in [-0.2, 0) is 0 Å². The van der Waals surface area contributed by atoms with Crippen molar-refractivity contribution in [2.45, 2.75) is 20.8 Å². The lowest BCUT2D eigenvalue weighted by Gasteiger charge is -2.17. The molecule has 2 aromatic rings. The van der Waals surface area contributed by atoms with Crippen LogP contribution in [0, 0.1) is 13.8 Å². The molecule has 1 aliphatic heterocycles. The quantitative estimate of drug-likeness (QED) is 0.576. The highest BCUT2D eigenvalue weighted by atomic mass is 35.5. The Hall–Kier alpha value is -2.70. The van der Waals surface area contributed by atoms with E-state index in [-0.39, 0.29) is 29.8 Å². The molecular weight excluding hydrogens is 378 g/mol. The minimum Gasteiger partial charge on any atom is -0.351 e. The van der Waals surface area contributed by atoms with Crippen molar-refractivity contribution >= 4 is 35.8 Å². The lowest BCUT2D eigenvalue weighted by atomic mass is 10.1. The Balaban J connectivity index is 0.00000280. The molecule has 0 radical (unpaired) electrons. The van der Waals surface area contributed by atoms with Gasteiger partial charge in [0, 0.05) is 18.7 Å². The van der Waals surface area contributed by atoms with Crippen molar-refractivity contribution in [3.8, 4) is 0 Å². The first kappa shape index (κ1) is 21.6. The van der Waals surface area contributed by atoms with E-state index in [0.29, 0.717) is 29.9 Å². The molecular formula is C21H24ClN3O3. The second kappa shape index (κ2) is 8.99. The lowest BCUT2D eigenvalue weighted by Crippen LogP contribution is -2.31. The number of nitrogens with one attached hydrogen (secondary N) is 2. The molecule has 28 heavy (non-hydrogen) atoms. The van der Waals surface area contributed by atoms with Gasteiger partial charge in [-0.25, -0.2) is 4.90 Å². The van der Waals surface area contributed by atoms with E-state index in [4.69, 9.17) is 0 Å². The molecule has 0 fully saturated rings. The summed E-state index contributed by atoms with van der Waals surface area (Å²) in [5.41, 5.74) is 3.35. The molecule has 0 bridgehead atoms. The minimum atomic E-state index is -0.397. The van der Waals surface area contributed by atoms with Gasteiger partial charge in [0.1, 0.15) is 0 Å². The fourth-order valence-electron chi connectivity index (χ4n) is 3.10. The molecule has 0 aromatic heterocycles. The Morgan fingerprint density at radius 3 is 2.39 bits per heavy atom. The average Bonchev–Trinajstić information content (AvgIpc) is 2.91. The van der Waals surface area contributed by atoms with Gasteiger partial charge < -0.3 is 10.6 Å². The maximum absolute atomic E-state index is 12.9. The summed E-state index contributed by atoms with van der Waals surface area (Å²) in [4.78, 5) is 39.2. The zero-order chi connectivity index (χ0) is 19.6. The number of amides is 3. The van der Waals surface area contributed by atoms with Gasteiger partial charge in [0.25, 0.3) is 17.7 Å². The van der Waals surface area contributed by atoms with Gasteiger partial charge in [-0.2, -0.15) is 0 Å². The molecule has 2 aromatic carbocycles. The van der Waals surface area contributed by atoms with Gasteiger partial charge in [0.05, 0.1) is 16.8 Å². The number of rotatable bonds is 6. The summed E-state index contributed by atoms with van der Waals surface area (Å²) in [6.45, 7) is 7.76. The van der Waals surface area contributed by atoms with Gasteiger partial charge >= 0.3 is 0 Å². The smallest absolute Gasteiger partial charge is 0.266 e. The summed E-state index contributed by atoms with van der Waals surface area (Å²) in [7, 11) is 0. The molecule has 3 amide bonds. The second-order valence-electron chi connectivity index (χ2n) is 6.61. The fourth-order valence-corrected chi connectivity index (χ4v) is 3.10. The van der Waals surface area contributed by atoms with Crippen molar-refractivity contribution in [3.05, 3.63) is 64.2 Å². The summed E-state index contributed by atoms with van der Waals surface area (Å²) in [6, 6.07) is 10.3. The van der Waals surface area contributed by atoms with Gasteiger partial charge in [0.2, 0.25) is 0 Å². The number of benzene rings is 2. The van der Waals surface area contributed by atoms with E-state index >= 15 is 0 Å². The first-order chi connectivity index (χ1) is 12.9. The summed E-state index contributed by atoms with van der Waals surface area (Å²) < 4.78 is 0. The van der Waals surface area contributed by atoms with E-state index in [1.807, 2.05) is 39.0 Å². The number of carbonyl (C=O) groups excluding carboxylic acids is 3. The molecule has 0 spiro atoms. The highest BCUT2D eigenvalue weighted by Crippen LogP contribution is 2.31.